The summed E-state index contributed by atoms with van der Waals surface area (Å²) in [4.78, 5) is 7.13. The number of fused-ring (bicyclic) bond motifs is 1. The van der Waals surface area contributed by atoms with Crippen LogP contribution in [0.1, 0.15) is 23.9 Å². The van der Waals surface area contributed by atoms with Crippen molar-refractivity contribution in [2.75, 3.05) is 7.05 Å². The van der Waals surface area contributed by atoms with Gasteiger partial charge in [-0.05, 0) is 44.5 Å². The average molecular weight is 310 g/mol. The lowest BCUT2D eigenvalue weighted by molar-refractivity contribution is 0.238. The summed E-state index contributed by atoms with van der Waals surface area (Å²) >= 11 is 1.80. The van der Waals surface area contributed by atoms with Gasteiger partial charge < -0.3 is 0 Å². The van der Waals surface area contributed by atoms with E-state index in [1.165, 1.54) is 21.7 Å². The topological polar surface area (TPSA) is 16.1 Å². The van der Waals surface area contributed by atoms with Crippen LogP contribution in [0, 0.1) is 0 Å². The first-order chi connectivity index (χ1) is 10.7. The molecule has 1 aromatic heterocycles. The molecule has 0 N–H and O–H groups in total. The van der Waals surface area contributed by atoms with Gasteiger partial charge in [-0.2, -0.15) is 0 Å². The van der Waals surface area contributed by atoms with Crippen LogP contribution in [0.25, 0.3) is 10.2 Å². The summed E-state index contributed by atoms with van der Waals surface area (Å²) in [5.41, 5.74) is 2.54. The summed E-state index contributed by atoms with van der Waals surface area (Å²) in [5, 5.41) is 1.20. The molecule has 114 valence electrons. The van der Waals surface area contributed by atoms with E-state index in [1.54, 1.807) is 11.3 Å². The highest BCUT2D eigenvalue weighted by atomic mass is 32.1. The van der Waals surface area contributed by atoms with Crippen LogP contribution < -0.4 is 0 Å². The molecule has 2 aromatic carbocycles. The van der Waals surface area contributed by atoms with Gasteiger partial charge in [0, 0.05) is 6.04 Å². The fourth-order valence-electron chi connectivity index (χ4n) is 2.60. The van der Waals surface area contributed by atoms with Crippen molar-refractivity contribution in [3.63, 3.8) is 0 Å². The Morgan fingerprint density at radius 3 is 2.55 bits per heavy atom. The molecule has 0 saturated carbocycles. The first kappa shape index (κ1) is 15.2. The molecule has 2 nitrogen and oxygen atoms in total. The zero-order valence-electron chi connectivity index (χ0n) is 13.2. The maximum Gasteiger partial charge on any atom is 0.108 e. The summed E-state index contributed by atoms with van der Waals surface area (Å²) in [6.45, 7) is 3.23. The molecule has 1 atom stereocenters. The first-order valence-electron chi connectivity index (χ1n) is 7.81. The molecule has 0 spiro atoms. The maximum absolute atomic E-state index is 4.73. The van der Waals surface area contributed by atoms with E-state index in [2.05, 4.69) is 73.5 Å². The summed E-state index contributed by atoms with van der Waals surface area (Å²) in [6, 6.07) is 19.6. The largest absolute Gasteiger partial charge is 0.297 e. The van der Waals surface area contributed by atoms with Crippen LogP contribution in [0.5, 0.6) is 0 Å². The average Bonchev–Trinajstić information content (AvgIpc) is 2.95. The Hall–Kier alpha value is -1.71. The number of rotatable bonds is 6. The molecular formula is C19H22N2S. The van der Waals surface area contributed by atoms with Crippen molar-refractivity contribution in [2.24, 2.45) is 0 Å². The molecule has 0 fully saturated rings. The SMILES string of the molecule is CC(CCc1ccccc1)N(C)Cc1nc2ccccc2s1. The standard InChI is InChI=1S/C19H22N2S/c1-15(12-13-16-8-4-3-5-9-16)21(2)14-19-20-17-10-6-7-11-18(17)22-19/h3-11,15H,12-14H2,1-2H3. The van der Waals surface area contributed by atoms with Gasteiger partial charge in [-0.15, -0.1) is 11.3 Å². The Morgan fingerprint density at radius 2 is 1.77 bits per heavy atom. The Morgan fingerprint density at radius 1 is 1.05 bits per heavy atom. The molecule has 0 aliphatic rings. The molecule has 1 heterocycles. The van der Waals surface area contributed by atoms with Gasteiger partial charge in [0.25, 0.3) is 0 Å². The lowest BCUT2D eigenvalue weighted by atomic mass is 10.1. The number of aryl methyl sites for hydroxylation is 1. The van der Waals surface area contributed by atoms with Gasteiger partial charge in [0.05, 0.1) is 16.8 Å². The van der Waals surface area contributed by atoms with Crippen molar-refractivity contribution < 1.29 is 0 Å². The number of benzene rings is 2. The molecule has 1 unspecified atom stereocenters. The number of aromatic nitrogens is 1. The molecule has 22 heavy (non-hydrogen) atoms. The van der Waals surface area contributed by atoms with Gasteiger partial charge in [-0.1, -0.05) is 42.5 Å². The van der Waals surface area contributed by atoms with Gasteiger partial charge >= 0.3 is 0 Å². The fraction of sp³-hybridized carbons (Fsp3) is 0.316. The second-order valence-corrected chi connectivity index (χ2v) is 6.98. The van der Waals surface area contributed by atoms with Crippen molar-refractivity contribution in [1.29, 1.82) is 0 Å². The second-order valence-electron chi connectivity index (χ2n) is 5.86. The van der Waals surface area contributed by atoms with E-state index in [0.717, 1.165) is 18.5 Å². The van der Waals surface area contributed by atoms with Gasteiger partial charge in [0.1, 0.15) is 5.01 Å². The van der Waals surface area contributed by atoms with Crippen molar-refractivity contribution in [2.45, 2.75) is 32.4 Å². The first-order valence-corrected chi connectivity index (χ1v) is 8.62. The molecule has 3 aromatic rings. The van der Waals surface area contributed by atoms with E-state index >= 15 is 0 Å². The van der Waals surface area contributed by atoms with E-state index in [-0.39, 0.29) is 0 Å². The normalized spacial score (nSPS) is 12.9. The highest BCUT2D eigenvalue weighted by Gasteiger charge is 2.12. The highest BCUT2D eigenvalue weighted by molar-refractivity contribution is 7.18. The fourth-order valence-corrected chi connectivity index (χ4v) is 3.63. The maximum atomic E-state index is 4.73. The molecule has 0 bridgehead atoms. The third-order valence-electron chi connectivity index (χ3n) is 4.17. The Kier molecular flexibility index (Phi) is 4.86. The number of hydrogen-bond donors (Lipinski definition) is 0. The van der Waals surface area contributed by atoms with Gasteiger partial charge in [-0.3, -0.25) is 4.90 Å². The molecule has 3 rings (SSSR count). The molecule has 0 amide bonds. The minimum atomic E-state index is 0.548. The van der Waals surface area contributed by atoms with Gasteiger partial charge in [0.15, 0.2) is 0 Å². The van der Waals surface area contributed by atoms with Crippen LogP contribution in [0.2, 0.25) is 0 Å². The van der Waals surface area contributed by atoms with E-state index in [0.29, 0.717) is 6.04 Å². The van der Waals surface area contributed by atoms with Crippen molar-refractivity contribution in [3.8, 4) is 0 Å². The van der Waals surface area contributed by atoms with Gasteiger partial charge in [-0.25, -0.2) is 4.98 Å². The molecule has 0 aliphatic carbocycles. The molecule has 3 heteroatoms. The van der Waals surface area contributed by atoms with E-state index in [4.69, 9.17) is 4.98 Å². The zero-order chi connectivity index (χ0) is 15.4. The van der Waals surface area contributed by atoms with Crippen LogP contribution in [-0.4, -0.2) is 23.0 Å². The molecule has 0 saturated heterocycles. The monoisotopic (exact) mass is 310 g/mol. The summed E-state index contributed by atoms with van der Waals surface area (Å²) in [5.74, 6) is 0. The second kappa shape index (κ2) is 7.03. The van der Waals surface area contributed by atoms with Crippen LogP contribution in [-0.2, 0) is 13.0 Å². The van der Waals surface area contributed by atoms with E-state index < -0.39 is 0 Å². The van der Waals surface area contributed by atoms with Crippen LogP contribution in [0.4, 0.5) is 0 Å². The van der Waals surface area contributed by atoms with Crippen molar-refractivity contribution in [3.05, 3.63) is 65.2 Å². The lowest BCUT2D eigenvalue weighted by Crippen LogP contribution is -2.28. The Labute approximate surface area is 136 Å². The molecular weight excluding hydrogens is 288 g/mol. The third-order valence-corrected chi connectivity index (χ3v) is 5.19. The van der Waals surface area contributed by atoms with Gasteiger partial charge in [0.2, 0.25) is 0 Å². The predicted molar refractivity (Wildman–Crippen MR) is 95.3 cm³/mol. The number of thiazole rings is 1. The smallest absolute Gasteiger partial charge is 0.108 e. The summed E-state index contributed by atoms with van der Waals surface area (Å²) < 4.78 is 1.28. The summed E-state index contributed by atoms with van der Waals surface area (Å²) in [7, 11) is 2.20. The quantitative estimate of drug-likeness (QED) is 0.653. The third kappa shape index (κ3) is 3.73. The van der Waals surface area contributed by atoms with Crippen molar-refractivity contribution in [1.82, 2.24) is 9.88 Å². The number of para-hydroxylation sites is 1. The lowest BCUT2D eigenvalue weighted by Gasteiger charge is -2.23. The minimum absolute atomic E-state index is 0.548. The van der Waals surface area contributed by atoms with Crippen LogP contribution >= 0.6 is 11.3 Å². The van der Waals surface area contributed by atoms with Crippen LogP contribution in [0.15, 0.2) is 54.6 Å². The number of nitrogens with zero attached hydrogens (tertiary/aromatic N) is 2. The predicted octanol–water partition coefficient (Wildman–Crippen LogP) is 4.75. The zero-order valence-corrected chi connectivity index (χ0v) is 14.0. The van der Waals surface area contributed by atoms with E-state index in [9.17, 15) is 0 Å². The van der Waals surface area contributed by atoms with Crippen molar-refractivity contribution >= 4 is 21.6 Å². The molecule has 0 aliphatic heterocycles. The van der Waals surface area contributed by atoms with E-state index in [1.807, 2.05) is 0 Å². The Bertz CT molecular complexity index is 687. The number of hydrogen-bond acceptors (Lipinski definition) is 3. The highest BCUT2D eigenvalue weighted by Crippen LogP contribution is 2.23. The molecule has 0 radical (unpaired) electrons. The minimum Gasteiger partial charge on any atom is -0.297 e. The van der Waals surface area contributed by atoms with Crippen LogP contribution in [0.3, 0.4) is 0 Å². The summed E-state index contributed by atoms with van der Waals surface area (Å²) in [6.07, 6.45) is 2.30. The Balaban J connectivity index is 1.57.